The van der Waals surface area contributed by atoms with E-state index in [9.17, 15) is 0 Å². The summed E-state index contributed by atoms with van der Waals surface area (Å²) >= 11 is 12.0. The van der Waals surface area contributed by atoms with Crippen LogP contribution in [0, 0.1) is 0 Å². The van der Waals surface area contributed by atoms with Crippen LogP contribution in [0.1, 0.15) is 23.7 Å². The summed E-state index contributed by atoms with van der Waals surface area (Å²) in [6, 6.07) is 10.8. The van der Waals surface area contributed by atoms with Crippen molar-refractivity contribution in [1.82, 2.24) is 0 Å². The van der Waals surface area contributed by atoms with Crippen LogP contribution in [0.15, 0.2) is 36.4 Å². The van der Waals surface area contributed by atoms with E-state index < -0.39 is 12.6 Å². The van der Waals surface area contributed by atoms with E-state index in [1.165, 1.54) is 0 Å². The van der Waals surface area contributed by atoms with Crippen molar-refractivity contribution in [2.75, 3.05) is 0 Å². The molecule has 0 fully saturated rings. The molecule has 2 atom stereocenters. The number of rotatable bonds is 0. The van der Waals surface area contributed by atoms with Gasteiger partial charge >= 0.3 is 0 Å². The van der Waals surface area contributed by atoms with Crippen LogP contribution >= 0.6 is 23.2 Å². The molecule has 2 aliphatic rings. The maximum Gasteiger partial charge on any atom is 0.233 e. The molecule has 0 spiro atoms. The molecule has 5 heteroatoms. The van der Waals surface area contributed by atoms with Gasteiger partial charge in [-0.2, -0.15) is 0 Å². The van der Waals surface area contributed by atoms with Gasteiger partial charge in [-0.3, -0.25) is 4.74 Å². The maximum absolute atomic E-state index is 5.99. The van der Waals surface area contributed by atoms with E-state index >= 15 is 0 Å². The minimum absolute atomic E-state index is 0.499. The largest absolute Gasteiger partial charge is 0.460 e. The van der Waals surface area contributed by atoms with E-state index in [2.05, 4.69) is 0 Å². The van der Waals surface area contributed by atoms with E-state index in [1.807, 2.05) is 12.1 Å². The molecule has 0 aliphatic carbocycles. The molecular weight excluding hydrogens is 287 g/mol. The first-order valence-corrected chi connectivity index (χ1v) is 6.54. The monoisotopic (exact) mass is 294 g/mol. The SMILES string of the molecule is Clc1ccc2c(c1)[C@@H]1Oc3ccc(Cl)cc3[C@H](O2)O1. The fraction of sp³-hybridized carbons (Fsp3) is 0.143. The first kappa shape index (κ1) is 11.4. The van der Waals surface area contributed by atoms with Gasteiger partial charge in [0.2, 0.25) is 12.6 Å². The fourth-order valence-electron chi connectivity index (χ4n) is 2.29. The zero-order valence-corrected chi connectivity index (χ0v) is 11.1. The van der Waals surface area contributed by atoms with Gasteiger partial charge in [0.15, 0.2) is 0 Å². The van der Waals surface area contributed by atoms with Crippen LogP contribution in [0.5, 0.6) is 11.5 Å². The lowest BCUT2D eigenvalue weighted by Gasteiger charge is -2.37. The summed E-state index contributed by atoms with van der Waals surface area (Å²) in [5.74, 6) is 1.44. The van der Waals surface area contributed by atoms with Crippen LogP contribution in [0.3, 0.4) is 0 Å². The standard InChI is InChI=1S/C14H8Cl2O3/c15-7-1-3-11-9(5-7)13-18-12-4-2-8(16)6-10(12)14(17-11)19-13/h1-6,13-14H/t13-,14-/m1/s1. The molecule has 0 radical (unpaired) electrons. The van der Waals surface area contributed by atoms with Gasteiger partial charge in [-0.1, -0.05) is 23.2 Å². The minimum Gasteiger partial charge on any atom is -0.460 e. The third-order valence-electron chi connectivity index (χ3n) is 3.17. The van der Waals surface area contributed by atoms with Crippen molar-refractivity contribution in [2.45, 2.75) is 12.6 Å². The quantitative estimate of drug-likeness (QED) is 0.716. The Morgan fingerprint density at radius 3 is 1.68 bits per heavy atom. The predicted molar refractivity (Wildman–Crippen MR) is 70.7 cm³/mol. The van der Waals surface area contributed by atoms with Crippen LogP contribution in [-0.2, 0) is 4.74 Å². The Bertz CT molecular complexity index is 614. The lowest BCUT2D eigenvalue weighted by molar-refractivity contribution is -0.227. The second-order valence-electron chi connectivity index (χ2n) is 4.40. The second-order valence-corrected chi connectivity index (χ2v) is 5.27. The molecular formula is C14H8Cl2O3. The summed E-state index contributed by atoms with van der Waals surface area (Å²) in [4.78, 5) is 0. The number of hydrogen-bond donors (Lipinski definition) is 0. The molecule has 2 aromatic carbocycles. The Morgan fingerprint density at radius 1 is 0.737 bits per heavy atom. The van der Waals surface area contributed by atoms with E-state index in [4.69, 9.17) is 37.4 Å². The minimum atomic E-state index is -0.499. The van der Waals surface area contributed by atoms with Crippen molar-refractivity contribution in [2.24, 2.45) is 0 Å². The highest BCUT2D eigenvalue weighted by atomic mass is 35.5. The summed E-state index contributed by atoms with van der Waals surface area (Å²) in [6.07, 6.45) is -0.998. The Balaban J connectivity index is 1.84. The zero-order valence-electron chi connectivity index (χ0n) is 9.60. The topological polar surface area (TPSA) is 27.7 Å². The first-order chi connectivity index (χ1) is 9.20. The molecule has 2 aliphatic heterocycles. The van der Waals surface area contributed by atoms with Gasteiger partial charge in [-0.25, -0.2) is 0 Å². The van der Waals surface area contributed by atoms with Crippen LogP contribution in [0.25, 0.3) is 0 Å². The average molecular weight is 295 g/mol. The van der Waals surface area contributed by atoms with E-state index in [1.54, 1.807) is 24.3 Å². The molecule has 0 aromatic heterocycles. The Labute approximate surface area is 119 Å². The normalized spacial score (nSPS) is 22.8. The molecule has 0 unspecified atom stereocenters. The highest BCUT2D eigenvalue weighted by molar-refractivity contribution is 6.31. The van der Waals surface area contributed by atoms with Crippen LogP contribution in [0.2, 0.25) is 10.0 Å². The Hall–Kier alpha value is -1.42. The van der Waals surface area contributed by atoms with Gasteiger partial charge in [-0.05, 0) is 36.4 Å². The maximum atomic E-state index is 5.99. The first-order valence-electron chi connectivity index (χ1n) is 5.78. The van der Waals surface area contributed by atoms with E-state index in [0.717, 1.165) is 22.6 Å². The number of halogens is 2. The van der Waals surface area contributed by atoms with Gasteiger partial charge in [-0.15, -0.1) is 0 Å². The molecule has 0 amide bonds. The lowest BCUT2D eigenvalue weighted by Crippen LogP contribution is -2.30. The highest BCUT2D eigenvalue weighted by Gasteiger charge is 2.37. The zero-order chi connectivity index (χ0) is 13.0. The van der Waals surface area contributed by atoms with Gasteiger partial charge in [0.1, 0.15) is 11.5 Å². The van der Waals surface area contributed by atoms with Crippen molar-refractivity contribution >= 4 is 23.2 Å². The van der Waals surface area contributed by atoms with Crippen molar-refractivity contribution in [1.29, 1.82) is 0 Å². The molecule has 3 nitrogen and oxygen atoms in total. The van der Waals surface area contributed by atoms with Gasteiger partial charge in [0, 0.05) is 10.0 Å². The number of ether oxygens (including phenoxy) is 3. The number of benzene rings is 2. The average Bonchev–Trinajstić information content (AvgIpc) is 2.41. The van der Waals surface area contributed by atoms with Gasteiger partial charge in [0.05, 0.1) is 11.1 Å². The molecule has 2 bridgehead atoms. The molecule has 0 saturated carbocycles. The van der Waals surface area contributed by atoms with E-state index in [0.29, 0.717) is 10.0 Å². The van der Waals surface area contributed by atoms with Crippen molar-refractivity contribution < 1.29 is 14.2 Å². The molecule has 4 rings (SSSR count). The number of fused-ring (bicyclic) bond motifs is 6. The molecule has 2 aromatic rings. The van der Waals surface area contributed by atoms with Crippen molar-refractivity contribution in [3.63, 3.8) is 0 Å². The summed E-state index contributed by atoms with van der Waals surface area (Å²) < 4.78 is 17.4. The summed E-state index contributed by atoms with van der Waals surface area (Å²) in [6.45, 7) is 0. The second kappa shape index (κ2) is 4.04. The van der Waals surface area contributed by atoms with Crippen molar-refractivity contribution in [3.8, 4) is 11.5 Å². The summed E-state index contributed by atoms with van der Waals surface area (Å²) in [5, 5.41) is 1.24. The van der Waals surface area contributed by atoms with Crippen LogP contribution in [0.4, 0.5) is 0 Å². The van der Waals surface area contributed by atoms with Crippen molar-refractivity contribution in [3.05, 3.63) is 57.6 Å². The van der Waals surface area contributed by atoms with E-state index in [-0.39, 0.29) is 0 Å². The number of hydrogen-bond acceptors (Lipinski definition) is 3. The molecule has 19 heavy (non-hydrogen) atoms. The Kier molecular flexibility index (Phi) is 2.42. The Morgan fingerprint density at radius 2 is 1.21 bits per heavy atom. The van der Waals surface area contributed by atoms with Crippen LogP contribution < -0.4 is 9.47 Å². The third-order valence-corrected chi connectivity index (χ3v) is 3.64. The molecule has 2 heterocycles. The highest BCUT2D eigenvalue weighted by Crippen LogP contribution is 2.48. The van der Waals surface area contributed by atoms with Gasteiger partial charge < -0.3 is 9.47 Å². The summed E-state index contributed by atoms with van der Waals surface area (Å²) in [7, 11) is 0. The predicted octanol–water partition coefficient (Wildman–Crippen LogP) is 4.49. The lowest BCUT2D eigenvalue weighted by atomic mass is 10.1. The van der Waals surface area contributed by atoms with Crippen LogP contribution in [-0.4, -0.2) is 0 Å². The van der Waals surface area contributed by atoms with Gasteiger partial charge in [0.25, 0.3) is 0 Å². The third kappa shape index (κ3) is 1.77. The summed E-state index contributed by atoms with van der Waals surface area (Å²) in [5.41, 5.74) is 1.59. The smallest absolute Gasteiger partial charge is 0.233 e. The molecule has 0 N–H and O–H groups in total. The molecule has 96 valence electrons. The fourth-order valence-corrected chi connectivity index (χ4v) is 2.65. The molecule has 0 saturated heterocycles.